The van der Waals surface area contributed by atoms with Crippen molar-refractivity contribution in [3.05, 3.63) is 23.8 Å². The van der Waals surface area contributed by atoms with E-state index in [0.717, 1.165) is 6.54 Å². The van der Waals surface area contributed by atoms with Crippen LogP contribution < -0.4 is 4.74 Å². The molecule has 0 amide bonds. The van der Waals surface area contributed by atoms with E-state index in [1.165, 1.54) is 50.8 Å². The second kappa shape index (κ2) is 6.64. The molecule has 0 spiro atoms. The summed E-state index contributed by atoms with van der Waals surface area (Å²) in [5, 5.41) is 9.58. The van der Waals surface area contributed by atoms with Crippen LogP contribution in [0.5, 0.6) is 11.5 Å². The minimum Gasteiger partial charge on any atom is -0.504 e. The van der Waals surface area contributed by atoms with Crippen molar-refractivity contribution in [2.75, 3.05) is 20.2 Å². The van der Waals surface area contributed by atoms with Crippen LogP contribution in [0, 0.1) is 0 Å². The Kier molecular flexibility index (Phi) is 4.88. The van der Waals surface area contributed by atoms with Crippen LogP contribution in [0.25, 0.3) is 0 Å². The Hall–Kier alpha value is -1.22. The van der Waals surface area contributed by atoms with Crippen LogP contribution in [0.15, 0.2) is 18.2 Å². The van der Waals surface area contributed by atoms with Crippen LogP contribution >= 0.6 is 0 Å². The van der Waals surface area contributed by atoms with Gasteiger partial charge in [0.25, 0.3) is 0 Å². The molecule has 0 bridgehead atoms. The summed E-state index contributed by atoms with van der Waals surface area (Å²) in [6.45, 7) is 3.32. The van der Waals surface area contributed by atoms with Gasteiger partial charge in [-0.05, 0) is 43.6 Å². The lowest BCUT2D eigenvalue weighted by atomic mass is 10.1. The van der Waals surface area contributed by atoms with Gasteiger partial charge in [0, 0.05) is 6.54 Å². The van der Waals surface area contributed by atoms with Crippen LogP contribution in [0.2, 0.25) is 0 Å². The summed E-state index contributed by atoms with van der Waals surface area (Å²) >= 11 is 0. The maximum atomic E-state index is 9.58. The van der Waals surface area contributed by atoms with Crippen LogP contribution in [0.3, 0.4) is 0 Å². The number of rotatable bonds is 3. The molecule has 1 fully saturated rings. The summed E-state index contributed by atoms with van der Waals surface area (Å²) < 4.78 is 5.15. The molecule has 3 nitrogen and oxygen atoms in total. The van der Waals surface area contributed by atoms with Crippen LogP contribution in [-0.2, 0) is 6.54 Å². The zero-order chi connectivity index (χ0) is 12.8. The van der Waals surface area contributed by atoms with E-state index in [9.17, 15) is 5.11 Å². The van der Waals surface area contributed by atoms with Gasteiger partial charge >= 0.3 is 0 Å². The fourth-order valence-corrected chi connectivity index (χ4v) is 2.55. The molecule has 0 aliphatic carbocycles. The normalized spacial score (nSPS) is 18.1. The van der Waals surface area contributed by atoms with E-state index >= 15 is 0 Å². The zero-order valence-corrected chi connectivity index (χ0v) is 11.2. The summed E-state index contributed by atoms with van der Waals surface area (Å²) in [5.41, 5.74) is 1.21. The van der Waals surface area contributed by atoms with Gasteiger partial charge in [-0.15, -0.1) is 0 Å². The first-order chi connectivity index (χ1) is 8.79. The fraction of sp³-hybridized carbons (Fsp3) is 0.600. The number of phenols is 1. The first-order valence-corrected chi connectivity index (χ1v) is 6.88. The predicted molar refractivity (Wildman–Crippen MR) is 73.0 cm³/mol. The highest BCUT2D eigenvalue weighted by molar-refractivity contribution is 5.41. The van der Waals surface area contributed by atoms with Crippen molar-refractivity contribution >= 4 is 0 Å². The van der Waals surface area contributed by atoms with E-state index < -0.39 is 0 Å². The highest BCUT2D eigenvalue weighted by atomic mass is 16.5. The molecule has 1 aromatic rings. The van der Waals surface area contributed by atoms with Crippen molar-refractivity contribution in [2.24, 2.45) is 0 Å². The van der Waals surface area contributed by atoms with Crippen LogP contribution in [0.1, 0.15) is 37.7 Å². The largest absolute Gasteiger partial charge is 0.504 e. The Bertz CT molecular complexity index is 371. The Morgan fingerprint density at radius 1 is 1.11 bits per heavy atom. The molecule has 0 unspecified atom stereocenters. The van der Waals surface area contributed by atoms with Gasteiger partial charge in [-0.2, -0.15) is 0 Å². The third kappa shape index (κ3) is 3.64. The van der Waals surface area contributed by atoms with Crippen molar-refractivity contribution in [2.45, 2.75) is 38.6 Å². The van der Waals surface area contributed by atoms with E-state index in [1.807, 2.05) is 12.1 Å². The Morgan fingerprint density at radius 2 is 1.78 bits per heavy atom. The molecule has 0 saturated carbocycles. The number of nitrogens with zero attached hydrogens (tertiary/aromatic N) is 1. The molecule has 1 aromatic carbocycles. The topological polar surface area (TPSA) is 32.7 Å². The predicted octanol–water partition coefficient (Wildman–Crippen LogP) is 3.17. The minimum absolute atomic E-state index is 0.217. The molecule has 1 aliphatic heterocycles. The fourth-order valence-electron chi connectivity index (χ4n) is 2.55. The third-order valence-corrected chi connectivity index (χ3v) is 3.60. The monoisotopic (exact) mass is 249 g/mol. The summed E-state index contributed by atoms with van der Waals surface area (Å²) in [6.07, 6.45) is 6.70. The Balaban J connectivity index is 1.98. The number of ether oxygens (including phenoxy) is 1. The molecule has 0 radical (unpaired) electrons. The number of benzene rings is 1. The zero-order valence-electron chi connectivity index (χ0n) is 11.2. The van der Waals surface area contributed by atoms with Crippen molar-refractivity contribution < 1.29 is 9.84 Å². The van der Waals surface area contributed by atoms with Crippen molar-refractivity contribution in [3.8, 4) is 11.5 Å². The average Bonchev–Trinajstić information content (AvgIpc) is 2.34. The molecule has 1 aliphatic rings. The van der Waals surface area contributed by atoms with Gasteiger partial charge in [-0.25, -0.2) is 0 Å². The number of aromatic hydroxyl groups is 1. The first kappa shape index (κ1) is 13.2. The molecule has 100 valence electrons. The van der Waals surface area contributed by atoms with Gasteiger partial charge in [0.2, 0.25) is 0 Å². The summed E-state index contributed by atoms with van der Waals surface area (Å²) in [5.74, 6) is 0.786. The average molecular weight is 249 g/mol. The Morgan fingerprint density at radius 3 is 2.44 bits per heavy atom. The third-order valence-electron chi connectivity index (χ3n) is 3.60. The van der Waals surface area contributed by atoms with E-state index in [1.54, 1.807) is 13.2 Å². The standard InChI is InChI=1S/C15H23NO2/c1-18-15-11-13(7-8-14(15)17)12-16-9-5-3-2-4-6-10-16/h7-8,11,17H,2-6,9-10,12H2,1H3. The van der Waals surface area contributed by atoms with Gasteiger partial charge in [-0.1, -0.05) is 25.3 Å². The van der Waals surface area contributed by atoms with E-state index in [2.05, 4.69) is 4.90 Å². The summed E-state index contributed by atoms with van der Waals surface area (Å²) in [7, 11) is 1.59. The smallest absolute Gasteiger partial charge is 0.160 e. The molecule has 1 heterocycles. The molecule has 3 heteroatoms. The second-order valence-electron chi connectivity index (χ2n) is 5.05. The van der Waals surface area contributed by atoms with Crippen molar-refractivity contribution in [3.63, 3.8) is 0 Å². The molecule has 0 atom stereocenters. The van der Waals surface area contributed by atoms with Gasteiger partial charge in [-0.3, -0.25) is 4.90 Å². The summed E-state index contributed by atoms with van der Waals surface area (Å²) in [6, 6.07) is 5.64. The molecule has 0 aromatic heterocycles. The lowest BCUT2D eigenvalue weighted by Crippen LogP contribution is -2.26. The van der Waals surface area contributed by atoms with Gasteiger partial charge in [0.05, 0.1) is 7.11 Å². The number of phenolic OH excluding ortho intramolecular Hbond substituents is 1. The van der Waals surface area contributed by atoms with Crippen LogP contribution in [-0.4, -0.2) is 30.2 Å². The first-order valence-electron chi connectivity index (χ1n) is 6.88. The molecule has 1 N–H and O–H groups in total. The Labute approximate surface area is 109 Å². The van der Waals surface area contributed by atoms with E-state index in [0.29, 0.717) is 5.75 Å². The highest BCUT2D eigenvalue weighted by Gasteiger charge is 2.10. The van der Waals surface area contributed by atoms with E-state index in [4.69, 9.17) is 4.74 Å². The quantitative estimate of drug-likeness (QED) is 0.893. The summed E-state index contributed by atoms with van der Waals surface area (Å²) in [4.78, 5) is 2.50. The van der Waals surface area contributed by atoms with Gasteiger partial charge < -0.3 is 9.84 Å². The maximum Gasteiger partial charge on any atom is 0.160 e. The van der Waals surface area contributed by atoms with Crippen LogP contribution in [0.4, 0.5) is 0 Å². The molecular formula is C15H23NO2. The number of likely N-dealkylation sites (tertiary alicyclic amines) is 1. The molecule has 2 rings (SSSR count). The molecule has 1 saturated heterocycles. The second-order valence-corrected chi connectivity index (χ2v) is 5.05. The number of methoxy groups -OCH3 is 1. The van der Waals surface area contributed by atoms with Crippen molar-refractivity contribution in [1.82, 2.24) is 4.90 Å². The number of hydrogen-bond donors (Lipinski definition) is 1. The number of hydrogen-bond acceptors (Lipinski definition) is 3. The van der Waals surface area contributed by atoms with E-state index in [-0.39, 0.29) is 5.75 Å². The highest BCUT2D eigenvalue weighted by Crippen LogP contribution is 2.27. The molecular weight excluding hydrogens is 226 g/mol. The minimum atomic E-state index is 0.217. The lowest BCUT2D eigenvalue weighted by molar-refractivity contribution is 0.239. The maximum absolute atomic E-state index is 9.58. The van der Waals surface area contributed by atoms with Gasteiger partial charge in [0.1, 0.15) is 0 Å². The van der Waals surface area contributed by atoms with Crippen molar-refractivity contribution in [1.29, 1.82) is 0 Å². The SMILES string of the molecule is COc1cc(CN2CCCCCCC2)ccc1O. The molecule has 18 heavy (non-hydrogen) atoms. The van der Waals surface area contributed by atoms with Gasteiger partial charge in [0.15, 0.2) is 11.5 Å². The lowest BCUT2D eigenvalue weighted by Gasteiger charge is -2.24.